The number of anilines is 1. The van der Waals surface area contributed by atoms with Gasteiger partial charge in [-0.1, -0.05) is 54.6 Å². The van der Waals surface area contributed by atoms with Gasteiger partial charge in [0.05, 0.1) is 10.6 Å². The third-order valence-corrected chi connectivity index (χ3v) is 6.66. The van der Waals surface area contributed by atoms with Crippen LogP contribution in [-0.4, -0.2) is 14.3 Å². The van der Waals surface area contributed by atoms with Gasteiger partial charge in [-0.25, -0.2) is 12.8 Å². The number of halogens is 1. The molecular formula is C23H18FNO3S. The quantitative estimate of drug-likeness (QED) is 0.617. The minimum Gasteiger partial charge on any atom is -0.268 e. The fourth-order valence-corrected chi connectivity index (χ4v) is 4.94. The summed E-state index contributed by atoms with van der Waals surface area (Å²) in [6.45, 7) is 5.86. The van der Waals surface area contributed by atoms with Crippen molar-refractivity contribution in [3.8, 4) is 0 Å². The Morgan fingerprint density at radius 1 is 0.931 bits per heavy atom. The van der Waals surface area contributed by atoms with Gasteiger partial charge in [0, 0.05) is 5.56 Å². The Hall–Kier alpha value is -3.25. The molecule has 0 saturated carbocycles. The zero-order chi connectivity index (χ0) is 20.8. The van der Waals surface area contributed by atoms with Gasteiger partial charge in [-0.2, -0.15) is 4.31 Å². The molecule has 0 fully saturated rings. The number of allylic oxidation sites excluding steroid dienone is 1. The molecular weight excluding hydrogens is 389 g/mol. The molecule has 0 unspecified atom stereocenters. The van der Waals surface area contributed by atoms with Crippen molar-refractivity contribution in [1.82, 2.24) is 0 Å². The summed E-state index contributed by atoms with van der Waals surface area (Å²) in [5, 5.41) is 0. The highest BCUT2D eigenvalue weighted by Crippen LogP contribution is 2.37. The summed E-state index contributed by atoms with van der Waals surface area (Å²) in [6, 6.07) is 17.0. The van der Waals surface area contributed by atoms with E-state index in [0.29, 0.717) is 21.0 Å². The topological polar surface area (TPSA) is 54.5 Å². The van der Waals surface area contributed by atoms with Gasteiger partial charge in [-0.3, -0.25) is 4.79 Å². The van der Waals surface area contributed by atoms with Gasteiger partial charge in [-0.05, 0) is 54.3 Å². The van der Waals surface area contributed by atoms with Crippen LogP contribution in [0, 0.1) is 12.7 Å². The maximum Gasteiger partial charge on any atom is 0.273 e. The van der Waals surface area contributed by atoms with E-state index in [4.69, 9.17) is 0 Å². The van der Waals surface area contributed by atoms with E-state index < -0.39 is 21.7 Å². The molecule has 0 radical (unpaired) electrons. The van der Waals surface area contributed by atoms with Crippen LogP contribution < -0.4 is 4.31 Å². The Morgan fingerprint density at radius 2 is 1.59 bits per heavy atom. The van der Waals surface area contributed by atoms with Gasteiger partial charge in [0.15, 0.2) is 0 Å². The third kappa shape index (κ3) is 3.15. The van der Waals surface area contributed by atoms with E-state index in [1.807, 2.05) is 6.92 Å². The summed E-state index contributed by atoms with van der Waals surface area (Å²) < 4.78 is 42.5. The Bertz CT molecular complexity index is 1250. The first-order chi connectivity index (χ1) is 13.8. The molecule has 3 aromatic rings. The van der Waals surface area contributed by atoms with Crippen LogP contribution in [0.1, 0.15) is 27.0 Å². The Morgan fingerprint density at radius 3 is 2.28 bits per heavy atom. The lowest BCUT2D eigenvalue weighted by atomic mass is 9.92. The van der Waals surface area contributed by atoms with E-state index in [2.05, 4.69) is 6.58 Å². The fraction of sp³-hybridized carbons (Fsp3) is 0.0870. The summed E-state index contributed by atoms with van der Waals surface area (Å²) in [6.07, 6.45) is 0.220. The normalized spacial score (nSPS) is 14.1. The molecule has 0 aromatic heterocycles. The lowest BCUT2D eigenvalue weighted by Gasteiger charge is -2.29. The number of rotatable bonds is 2. The highest BCUT2D eigenvalue weighted by atomic mass is 32.2. The van der Waals surface area contributed by atoms with E-state index in [-0.39, 0.29) is 22.6 Å². The predicted octanol–water partition coefficient (Wildman–Crippen LogP) is 4.74. The first-order valence-corrected chi connectivity index (χ1v) is 10.5. The van der Waals surface area contributed by atoms with Crippen LogP contribution in [0.15, 0.2) is 78.2 Å². The van der Waals surface area contributed by atoms with Crippen LogP contribution in [0.25, 0.3) is 5.57 Å². The molecule has 0 N–H and O–H groups in total. The van der Waals surface area contributed by atoms with E-state index >= 15 is 0 Å². The van der Waals surface area contributed by atoms with Crippen LogP contribution in [-0.2, 0) is 16.4 Å². The Kier molecular flexibility index (Phi) is 4.59. The highest BCUT2D eigenvalue weighted by Gasteiger charge is 2.37. The van der Waals surface area contributed by atoms with Crippen LogP contribution in [0.2, 0.25) is 0 Å². The molecule has 1 aliphatic rings. The number of para-hydroxylation sites is 1. The van der Waals surface area contributed by atoms with Crippen LogP contribution in [0.3, 0.4) is 0 Å². The van der Waals surface area contributed by atoms with E-state index in [1.165, 1.54) is 24.3 Å². The molecule has 3 aromatic carbocycles. The molecule has 0 bridgehead atoms. The fourth-order valence-electron chi connectivity index (χ4n) is 3.49. The summed E-state index contributed by atoms with van der Waals surface area (Å²) >= 11 is 0. The first kappa shape index (κ1) is 19.1. The van der Waals surface area contributed by atoms with E-state index in [9.17, 15) is 17.6 Å². The molecule has 1 amide bonds. The average Bonchev–Trinajstić information content (AvgIpc) is 2.69. The molecule has 1 heterocycles. The lowest BCUT2D eigenvalue weighted by Crippen LogP contribution is -2.39. The van der Waals surface area contributed by atoms with Gasteiger partial charge >= 0.3 is 0 Å². The molecule has 6 heteroatoms. The standard InChI is InChI=1S/C23H18FNO3S/c1-15-10-12-18(13-11-15)29(27,28)25-22-17(6-5-9-21(22)24)14-16(2)19-7-3-4-8-20(19)23(25)26/h3-13H,2,14H2,1H3. The van der Waals surface area contributed by atoms with Crippen molar-refractivity contribution >= 4 is 27.2 Å². The van der Waals surface area contributed by atoms with E-state index in [0.717, 1.165) is 11.6 Å². The second-order valence-electron chi connectivity index (χ2n) is 6.96. The summed E-state index contributed by atoms with van der Waals surface area (Å²) in [5.41, 5.74) is 2.34. The summed E-state index contributed by atoms with van der Waals surface area (Å²) in [5.74, 6) is -1.59. The number of sulfonamides is 1. The average molecular weight is 407 g/mol. The molecule has 0 saturated heterocycles. The zero-order valence-electron chi connectivity index (χ0n) is 15.7. The third-order valence-electron chi connectivity index (χ3n) is 4.96. The number of fused-ring (bicyclic) bond motifs is 2. The minimum atomic E-state index is -4.35. The molecule has 29 heavy (non-hydrogen) atoms. The second kappa shape index (κ2) is 6.97. The van der Waals surface area contributed by atoms with Gasteiger partial charge in [0.1, 0.15) is 5.82 Å². The molecule has 0 aliphatic carbocycles. The van der Waals surface area contributed by atoms with Crippen LogP contribution in [0.5, 0.6) is 0 Å². The van der Waals surface area contributed by atoms with Crippen molar-refractivity contribution in [3.63, 3.8) is 0 Å². The Balaban J connectivity index is 2.03. The van der Waals surface area contributed by atoms with Crippen molar-refractivity contribution in [2.24, 2.45) is 0 Å². The largest absolute Gasteiger partial charge is 0.273 e. The number of hydrogen-bond donors (Lipinski definition) is 0. The minimum absolute atomic E-state index is 0.0810. The predicted molar refractivity (Wildman–Crippen MR) is 111 cm³/mol. The molecule has 4 nitrogen and oxygen atoms in total. The number of carbonyl (C=O) groups excluding carboxylic acids is 1. The van der Waals surface area contributed by atoms with Crippen molar-refractivity contribution in [2.75, 3.05) is 4.31 Å². The monoisotopic (exact) mass is 407 g/mol. The van der Waals surface area contributed by atoms with Crippen molar-refractivity contribution in [1.29, 1.82) is 0 Å². The number of nitrogens with zero attached hydrogens (tertiary/aromatic N) is 1. The number of amides is 1. The smallest absolute Gasteiger partial charge is 0.268 e. The maximum atomic E-state index is 14.9. The molecule has 0 atom stereocenters. The Labute approximate surface area is 169 Å². The van der Waals surface area contributed by atoms with Crippen LogP contribution >= 0.6 is 0 Å². The number of aryl methyl sites for hydroxylation is 1. The molecule has 146 valence electrons. The molecule has 4 rings (SSSR count). The number of hydrogen-bond acceptors (Lipinski definition) is 3. The maximum absolute atomic E-state index is 14.9. The molecule has 1 aliphatic heterocycles. The van der Waals surface area contributed by atoms with Gasteiger partial charge < -0.3 is 0 Å². The zero-order valence-corrected chi connectivity index (χ0v) is 16.5. The molecule has 0 spiro atoms. The van der Waals surface area contributed by atoms with Crippen LogP contribution in [0.4, 0.5) is 10.1 Å². The summed E-state index contributed by atoms with van der Waals surface area (Å²) in [4.78, 5) is 13.4. The van der Waals surface area contributed by atoms with Gasteiger partial charge in [0.2, 0.25) is 0 Å². The van der Waals surface area contributed by atoms with Gasteiger partial charge in [-0.15, -0.1) is 0 Å². The first-order valence-electron chi connectivity index (χ1n) is 9.01. The van der Waals surface area contributed by atoms with Crippen molar-refractivity contribution < 1.29 is 17.6 Å². The summed E-state index contributed by atoms with van der Waals surface area (Å²) in [7, 11) is -4.35. The number of benzene rings is 3. The van der Waals surface area contributed by atoms with Gasteiger partial charge in [0.25, 0.3) is 15.9 Å². The second-order valence-corrected chi connectivity index (χ2v) is 8.75. The van der Waals surface area contributed by atoms with E-state index in [1.54, 1.807) is 36.4 Å². The lowest BCUT2D eigenvalue weighted by molar-refractivity contribution is 0.100. The number of carbonyl (C=O) groups is 1. The highest BCUT2D eigenvalue weighted by molar-refractivity contribution is 7.93. The van der Waals surface area contributed by atoms with Crippen molar-refractivity contribution in [3.05, 3.63) is 101 Å². The van der Waals surface area contributed by atoms with Crippen molar-refractivity contribution in [2.45, 2.75) is 18.2 Å². The SMILES string of the molecule is C=C1Cc2cccc(F)c2N(S(=O)(=O)c2ccc(C)cc2)C(=O)c2ccccc21.